The molecule has 2 N–H and O–H groups in total. The molecule has 0 aliphatic carbocycles. The van der Waals surface area contributed by atoms with Gasteiger partial charge in [0.05, 0.1) is 6.61 Å². The number of fused-ring (bicyclic) bond motifs is 1. The van der Waals surface area contributed by atoms with Crippen molar-refractivity contribution >= 4 is 5.97 Å². The van der Waals surface area contributed by atoms with Crippen molar-refractivity contribution < 1.29 is 29.2 Å². The maximum Gasteiger partial charge on any atom is 0.303 e. The smallest absolute Gasteiger partial charge is 0.303 e. The van der Waals surface area contributed by atoms with E-state index in [1.807, 2.05) is 71.6 Å². The summed E-state index contributed by atoms with van der Waals surface area (Å²) in [5.74, 6) is 1.55. The summed E-state index contributed by atoms with van der Waals surface area (Å²) < 4.78 is 16.7. The van der Waals surface area contributed by atoms with E-state index in [1.165, 1.54) is 0 Å². The Balaban J connectivity index is 1.33. The first kappa shape index (κ1) is 26.5. The molecule has 3 aromatic carbocycles. The molecule has 1 aliphatic heterocycles. The number of hydrogen-bond donors (Lipinski definition) is 2. The third-order valence-corrected chi connectivity index (χ3v) is 6.48. The Kier molecular flexibility index (Phi) is 9.04. The van der Waals surface area contributed by atoms with E-state index in [0.717, 1.165) is 52.3 Å². The van der Waals surface area contributed by atoms with Gasteiger partial charge in [0.1, 0.15) is 12.0 Å². The molecule has 7 heteroatoms. The van der Waals surface area contributed by atoms with Crippen LogP contribution in [-0.4, -0.2) is 40.5 Å². The summed E-state index contributed by atoms with van der Waals surface area (Å²) in [6, 6.07) is 21.9. The fraction of sp³-hybridized carbons (Fsp3) is 0.367. The molecule has 196 valence electrons. The Morgan fingerprint density at radius 2 is 1.62 bits per heavy atom. The van der Waals surface area contributed by atoms with Crippen LogP contribution in [0.2, 0.25) is 0 Å². The molecule has 1 unspecified atom stereocenters. The molecule has 0 radical (unpaired) electrons. The van der Waals surface area contributed by atoms with Crippen molar-refractivity contribution in [3.8, 4) is 28.4 Å². The second-order valence-electron chi connectivity index (χ2n) is 9.53. The molecule has 0 saturated carbocycles. The Hall–Kier alpha value is -3.55. The number of unbranched alkanes of at least 4 members (excludes halogenated alkanes) is 2. The molecule has 0 aromatic heterocycles. The van der Waals surface area contributed by atoms with Crippen LogP contribution in [0, 0.1) is 0 Å². The van der Waals surface area contributed by atoms with Gasteiger partial charge in [-0.1, -0.05) is 42.5 Å². The average Bonchev–Trinajstić information content (AvgIpc) is 3.37. The standard InChI is InChI=1S/C30H35NO6/c1-21(2)31(19-22-7-14-26(15-8-22)35-17-5-3-4-6-29(32)33)30(34)24-11-9-23(10-12-24)25-13-16-27-28(18-25)37-20-36-27/h7-16,18,21,30,34H,3-6,17,19-20H2,1-2H3,(H,32,33). The minimum Gasteiger partial charge on any atom is -0.494 e. The van der Waals surface area contributed by atoms with Crippen molar-refractivity contribution in [3.05, 3.63) is 77.9 Å². The molecule has 37 heavy (non-hydrogen) atoms. The van der Waals surface area contributed by atoms with E-state index in [0.29, 0.717) is 19.6 Å². The third-order valence-electron chi connectivity index (χ3n) is 6.48. The van der Waals surface area contributed by atoms with Crippen LogP contribution in [0.3, 0.4) is 0 Å². The van der Waals surface area contributed by atoms with Crippen molar-refractivity contribution in [1.82, 2.24) is 4.90 Å². The summed E-state index contributed by atoms with van der Waals surface area (Å²) in [6.07, 6.45) is 1.80. The highest BCUT2D eigenvalue weighted by Crippen LogP contribution is 2.36. The lowest BCUT2D eigenvalue weighted by atomic mass is 10.0. The van der Waals surface area contributed by atoms with Gasteiger partial charge in [-0.3, -0.25) is 9.69 Å². The number of rotatable bonds is 13. The Morgan fingerprint density at radius 1 is 0.919 bits per heavy atom. The van der Waals surface area contributed by atoms with Crippen LogP contribution in [0.4, 0.5) is 0 Å². The van der Waals surface area contributed by atoms with E-state index in [4.69, 9.17) is 19.3 Å². The first-order valence-electron chi connectivity index (χ1n) is 12.8. The maximum atomic E-state index is 11.2. The SMILES string of the molecule is CC(C)N(Cc1ccc(OCCCCCC(=O)O)cc1)C(O)c1ccc(-c2ccc3c(c2)OCO3)cc1. The molecule has 0 bridgehead atoms. The van der Waals surface area contributed by atoms with Crippen molar-refractivity contribution in [2.24, 2.45) is 0 Å². The fourth-order valence-electron chi connectivity index (χ4n) is 4.31. The van der Waals surface area contributed by atoms with Crippen LogP contribution < -0.4 is 14.2 Å². The highest BCUT2D eigenvalue weighted by Gasteiger charge is 2.21. The monoisotopic (exact) mass is 505 g/mol. The molecule has 3 aromatic rings. The van der Waals surface area contributed by atoms with Crippen LogP contribution in [0.25, 0.3) is 11.1 Å². The highest BCUT2D eigenvalue weighted by atomic mass is 16.7. The van der Waals surface area contributed by atoms with Gasteiger partial charge in [-0.2, -0.15) is 0 Å². The van der Waals surface area contributed by atoms with Crippen molar-refractivity contribution in [3.63, 3.8) is 0 Å². The number of benzene rings is 3. The number of nitrogens with zero attached hydrogens (tertiary/aromatic N) is 1. The molecule has 1 heterocycles. The predicted octanol–water partition coefficient (Wildman–Crippen LogP) is 6.01. The zero-order valence-electron chi connectivity index (χ0n) is 21.4. The van der Waals surface area contributed by atoms with Gasteiger partial charge in [0, 0.05) is 19.0 Å². The molecule has 0 fully saturated rings. The van der Waals surface area contributed by atoms with Gasteiger partial charge in [0.15, 0.2) is 11.5 Å². The second-order valence-corrected chi connectivity index (χ2v) is 9.53. The van der Waals surface area contributed by atoms with Crippen molar-refractivity contribution in [1.29, 1.82) is 0 Å². The number of carboxylic acid groups (broad SMARTS) is 1. The topological polar surface area (TPSA) is 88.5 Å². The number of aliphatic carboxylic acids is 1. The quantitative estimate of drug-likeness (QED) is 0.217. The lowest BCUT2D eigenvalue weighted by molar-refractivity contribution is -0.137. The lowest BCUT2D eigenvalue weighted by Crippen LogP contribution is -2.34. The van der Waals surface area contributed by atoms with Crippen LogP contribution in [-0.2, 0) is 11.3 Å². The Bertz CT molecular complexity index is 1160. The summed E-state index contributed by atoms with van der Waals surface area (Å²) in [7, 11) is 0. The number of aliphatic hydroxyl groups is 1. The fourth-order valence-corrected chi connectivity index (χ4v) is 4.31. The molecule has 1 aliphatic rings. The van der Waals surface area contributed by atoms with E-state index in [9.17, 15) is 9.90 Å². The largest absolute Gasteiger partial charge is 0.494 e. The van der Waals surface area contributed by atoms with Crippen LogP contribution >= 0.6 is 0 Å². The third kappa shape index (κ3) is 7.24. The molecule has 1 atom stereocenters. The van der Waals surface area contributed by atoms with Crippen LogP contribution in [0.5, 0.6) is 17.2 Å². The van der Waals surface area contributed by atoms with Gasteiger partial charge in [-0.15, -0.1) is 0 Å². The van der Waals surface area contributed by atoms with Crippen LogP contribution in [0.15, 0.2) is 66.7 Å². The minimum atomic E-state index is -0.754. The molecular weight excluding hydrogens is 470 g/mol. The number of aliphatic hydroxyl groups excluding tert-OH is 1. The zero-order chi connectivity index (χ0) is 26.2. The Labute approximate surface area is 218 Å². The van der Waals surface area contributed by atoms with E-state index in [-0.39, 0.29) is 19.3 Å². The first-order valence-corrected chi connectivity index (χ1v) is 12.8. The van der Waals surface area contributed by atoms with E-state index in [1.54, 1.807) is 0 Å². The van der Waals surface area contributed by atoms with Crippen molar-refractivity contribution in [2.75, 3.05) is 13.4 Å². The summed E-state index contributed by atoms with van der Waals surface area (Å²) in [4.78, 5) is 12.6. The van der Waals surface area contributed by atoms with E-state index in [2.05, 4.69) is 13.8 Å². The molecule has 4 rings (SSSR count). The number of hydrogen-bond acceptors (Lipinski definition) is 6. The first-order chi connectivity index (χ1) is 17.9. The number of carbonyl (C=O) groups is 1. The summed E-state index contributed by atoms with van der Waals surface area (Å²) >= 11 is 0. The van der Waals surface area contributed by atoms with E-state index >= 15 is 0 Å². The summed E-state index contributed by atoms with van der Waals surface area (Å²) in [6.45, 7) is 5.56. The number of carboxylic acids is 1. The average molecular weight is 506 g/mol. The zero-order valence-corrected chi connectivity index (χ0v) is 21.4. The van der Waals surface area contributed by atoms with Gasteiger partial charge in [0.2, 0.25) is 6.79 Å². The highest BCUT2D eigenvalue weighted by molar-refractivity contribution is 5.68. The van der Waals surface area contributed by atoms with Gasteiger partial charge in [0.25, 0.3) is 0 Å². The normalized spacial score (nSPS) is 13.2. The van der Waals surface area contributed by atoms with Gasteiger partial charge < -0.3 is 24.4 Å². The molecule has 0 spiro atoms. The summed E-state index contributed by atoms with van der Waals surface area (Å²) in [5.41, 5.74) is 4.00. The maximum absolute atomic E-state index is 11.2. The van der Waals surface area contributed by atoms with Gasteiger partial charge >= 0.3 is 5.97 Å². The Morgan fingerprint density at radius 3 is 2.32 bits per heavy atom. The van der Waals surface area contributed by atoms with Crippen molar-refractivity contribution in [2.45, 2.75) is 58.3 Å². The molecule has 0 saturated heterocycles. The molecule has 7 nitrogen and oxygen atoms in total. The van der Waals surface area contributed by atoms with Gasteiger partial charge in [-0.25, -0.2) is 0 Å². The van der Waals surface area contributed by atoms with Crippen LogP contribution in [0.1, 0.15) is 56.9 Å². The summed E-state index contributed by atoms with van der Waals surface area (Å²) in [5, 5.41) is 19.9. The molecule has 0 amide bonds. The predicted molar refractivity (Wildman–Crippen MR) is 142 cm³/mol. The minimum absolute atomic E-state index is 0.130. The van der Waals surface area contributed by atoms with Gasteiger partial charge in [-0.05, 0) is 79.6 Å². The lowest BCUT2D eigenvalue weighted by Gasteiger charge is -2.32. The second kappa shape index (κ2) is 12.6. The van der Waals surface area contributed by atoms with E-state index < -0.39 is 12.2 Å². The molecular formula is C30H35NO6. The number of ether oxygens (including phenoxy) is 3.